The largest absolute Gasteiger partial charge is 0.326 e. The maximum absolute atomic E-state index is 12.9. The predicted octanol–water partition coefficient (Wildman–Crippen LogP) is 4.11. The third kappa shape index (κ3) is 3.54. The minimum Gasteiger partial charge on any atom is -0.326 e. The number of amides is 2. The average molecular weight is 329 g/mol. The number of nitrogens with zero attached hydrogens (tertiary/aromatic N) is 1. The standard InChI is InChI=1S/C18H17ClN2O2/c1-12(22)20-13-6-8-14(9-7-13)21(15-10-11-15)18(23)16-4-2-3-5-17(16)19/h2-9,15H,10-11H2,1H3,(H,20,22). The first-order chi connectivity index (χ1) is 11.1. The Morgan fingerprint density at radius 2 is 1.74 bits per heavy atom. The maximum atomic E-state index is 12.9. The summed E-state index contributed by atoms with van der Waals surface area (Å²) in [4.78, 5) is 25.8. The monoisotopic (exact) mass is 328 g/mol. The van der Waals surface area contributed by atoms with Crippen LogP contribution in [-0.4, -0.2) is 17.9 Å². The highest BCUT2D eigenvalue weighted by Gasteiger charge is 2.34. The zero-order valence-electron chi connectivity index (χ0n) is 12.8. The van der Waals surface area contributed by atoms with Gasteiger partial charge in [-0.3, -0.25) is 9.59 Å². The molecule has 118 valence electrons. The quantitative estimate of drug-likeness (QED) is 0.918. The number of halogens is 1. The zero-order chi connectivity index (χ0) is 16.4. The van der Waals surface area contributed by atoms with Crippen LogP contribution in [0.3, 0.4) is 0 Å². The van der Waals surface area contributed by atoms with Crippen LogP contribution >= 0.6 is 11.6 Å². The van der Waals surface area contributed by atoms with Gasteiger partial charge in [0, 0.05) is 24.3 Å². The molecule has 3 rings (SSSR count). The number of benzene rings is 2. The van der Waals surface area contributed by atoms with Crippen LogP contribution in [0.15, 0.2) is 48.5 Å². The van der Waals surface area contributed by atoms with E-state index in [0.717, 1.165) is 18.5 Å². The number of nitrogens with one attached hydrogen (secondary N) is 1. The van der Waals surface area contributed by atoms with Crippen molar-refractivity contribution in [2.75, 3.05) is 10.2 Å². The molecule has 0 aliphatic heterocycles. The van der Waals surface area contributed by atoms with E-state index in [1.165, 1.54) is 6.92 Å². The van der Waals surface area contributed by atoms with Crippen LogP contribution in [-0.2, 0) is 4.79 Å². The predicted molar refractivity (Wildman–Crippen MR) is 92.0 cm³/mol. The third-order valence-electron chi connectivity index (χ3n) is 3.70. The maximum Gasteiger partial charge on any atom is 0.260 e. The number of hydrogen-bond donors (Lipinski definition) is 1. The van der Waals surface area contributed by atoms with E-state index in [-0.39, 0.29) is 17.9 Å². The van der Waals surface area contributed by atoms with Gasteiger partial charge in [0.05, 0.1) is 10.6 Å². The summed E-state index contributed by atoms with van der Waals surface area (Å²) < 4.78 is 0. The summed E-state index contributed by atoms with van der Waals surface area (Å²) in [6.07, 6.45) is 1.98. The van der Waals surface area contributed by atoms with Crippen molar-refractivity contribution >= 4 is 34.8 Å². The van der Waals surface area contributed by atoms with Gasteiger partial charge in [0.1, 0.15) is 0 Å². The van der Waals surface area contributed by atoms with Crippen molar-refractivity contribution in [3.05, 3.63) is 59.1 Å². The second kappa shape index (κ2) is 6.42. The minimum absolute atomic E-state index is 0.0922. The van der Waals surface area contributed by atoms with Crippen molar-refractivity contribution in [1.82, 2.24) is 0 Å². The first-order valence-electron chi connectivity index (χ1n) is 7.52. The Balaban J connectivity index is 1.89. The van der Waals surface area contributed by atoms with E-state index in [1.807, 2.05) is 24.3 Å². The van der Waals surface area contributed by atoms with Gasteiger partial charge in [-0.05, 0) is 49.2 Å². The lowest BCUT2D eigenvalue weighted by molar-refractivity contribution is -0.114. The van der Waals surface area contributed by atoms with Crippen molar-refractivity contribution in [3.63, 3.8) is 0 Å². The molecule has 0 atom stereocenters. The summed E-state index contributed by atoms with van der Waals surface area (Å²) in [5.74, 6) is -0.214. The van der Waals surface area contributed by atoms with Crippen molar-refractivity contribution in [3.8, 4) is 0 Å². The number of carbonyl (C=O) groups is 2. The van der Waals surface area contributed by atoms with Crippen LogP contribution in [0.25, 0.3) is 0 Å². The Morgan fingerprint density at radius 1 is 1.09 bits per heavy atom. The van der Waals surface area contributed by atoms with Crippen LogP contribution in [0.1, 0.15) is 30.1 Å². The highest BCUT2D eigenvalue weighted by molar-refractivity contribution is 6.34. The van der Waals surface area contributed by atoms with E-state index in [2.05, 4.69) is 5.32 Å². The second-order valence-corrected chi connectivity index (χ2v) is 6.02. The molecule has 1 aliphatic rings. The minimum atomic E-state index is -0.121. The van der Waals surface area contributed by atoms with Crippen LogP contribution in [0.2, 0.25) is 5.02 Å². The summed E-state index contributed by atoms with van der Waals surface area (Å²) in [5, 5.41) is 3.18. The Kier molecular flexibility index (Phi) is 4.35. The van der Waals surface area contributed by atoms with Crippen LogP contribution in [0.4, 0.5) is 11.4 Å². The summed E-state index contributed by atoms with van der Waals surface area (Å²) in [5.41, 5.74) is 2.03. The Morgan fingerprint density at radius 3 is 2.30 bits per heavy atom. The molecule has 1 aliphatic carbocycles. The Bertz CT molecular complexity index is 739. The fourth-order valence-electron chi connectivity index (χ4n) is 2.50. The van der Waals surface area contributed by atoms with Crippen molar-refractivity contribution in [2.45, 2.75) is 25.8 Å². The fourth-order valence-corrected chi connectivity index (χ4v) is 2.72. The summed E-state index contributed by atoms with van der Waals surface area (Å²) >= 11 is 6.16. The molecule has 0 heterocycles. The molecular weight excluding hydrogens is 312 g/mol. The topological polar surface area (TPSA) is 49.4 Å². The molecule has 5 heteroatoms. The molecular formula is C18H17ClN2O2. The van der Waals surface area contributed by atoms with Crippen molar-refractivity contribution in [2.24, 2.45) is 0 Å². The number of carbonyl (C=O) groups excluding carboxylic acids is 2. The van der Waals surface area contributed by atoms with Gasteiger partial charge >= 0.3 is 0 Å². The van der Waals surface area contributed by atoms with E-state index in [1.54, 1.807) is 29.2 Å². The van der Waals surface area contributed by atoms with Crippen LogP contribution in [0.5, 0.6) is 0 Å². The molecule has 1 fully saturated rings. The second-order valence-electron chi connectivity index (χ2n) is 5.61. The first-order valence-corrected chi connectivity index (χ1v) is 7.90. The van der Waals surface area contributed by atoms with Gasteiger partial charge in [-0.1, -0.05) is 23.7 Å². The van der Waals surface area contributed by atoms with Gasteiger partial charge < -0.3 is 10.2 Å². The van der Waals surface area contributed by atoms with E-state index < -0.39 is 0 Å². The molecule has 0 aromatic heterocycles. The summed E-state index contributed by atoms with van der Waals surface area (Å²) in [6, 6.07) is 14.6. The molecule has 23 heavy (non-hydrogen) atoms. The van der Waals surface area contributed by atoms with Gasteiger partial charge in [0.25, 0.3) is 5.91 Å². The molecule has 4 nitrogen and oxygen atoms in total. The summed E-state index contributed by atoms with van der Waals surface area (Å²) in [6.45, 7) is 1.46. The molecule has 2 aromatic rings. The Labute approximate surface area is 140 Å². The van der Waals surface area contributed by atoms with Gasteiger partial charge in [-0.15, -0.1) is 0 Å². The molecule has 1 N–H and O–H groups in total. The van der Waals surface area contributed by atoms with E-state index in [4.69, 9.17) is 11.6 Å². The molecule has 0 radical (unpaired) electrons. The number of rotatable bonds is 4. The molecule has 0 spiro atoms. The lowest BCUT2D eigenvalue weighted by Gasteiger charge is -2.23. The lowest BCUT2D eigenvalue weighted by Crippen LogP contribution is -2.33. The van der Waals surface area contributed by atoms with Gasteiger partial charge in [-0.25, -0.2) is 0 Å². The van der Waals surface area contributed by atoms with E-state index >= 15 is 0 Å². The van der Waals surface area contributed by atoms with Crippen molar-refractivity contribution in [1.29, 1.82) is 0 Å². The van der Waals surface area contributed by atoms with Gasteiger partial charge in [-0.2, -0.15) is 0 Å². The zero-order valence-corrected chi connectivity index (χ0v) is 13.5. The highest BCUT2D eigenvalue weighted by atomic mass is 35.5. The van der Waals surface area contributed by atoms with Crippen LogP contribution in [0, 0.1) is 0 Å². The SMILES string of the molecule is CC(=O)Nc1ccc(N(C(=O)c2ccccc2Cl)C2CC2)cc1. The Hall–Kier alpha value is -2.33. The molecule has 2 aromatic carbocycles. The number of hydrogen-bond acceptors (Lipinski definition) is 2. The fraction of sp³-hybridized carbons (Fsp3) is 0.222. The van der Waals surface area contributed by atoms with Gasteiger partial charge in [0.2, 0.25) is 5.91 Å². The van der Waals surface area contributed by atoms with Crippen LogP contribution < -0.4 is 10.2 Å². The molecule has 2 amide bonds. The van der Waals surface area contributed by atoms with E-state index in [0.29, 0.717) is 16.3 Å². The molecule has 0 saturated heterocycles. The smallest absolute Gasteiger partial charge is 0.260 e. The summed E-state index contributed by atoms with van der Waals surface area (Å²) in [7, 11) is 0. The average Bonchev–Trinajstić information content (AvgIpc) is 3.34. The van der Waals surface area contributed by atoms with E-state index in [9.17, 15) is 9.59 Å². The third-order valence-corrected chi connectivity index (χ3v) is 4.03. The van der Waals surface area contributed by atoms with Crippen molar-refractivity contribution < 1.29 is 9.59 Å². The van der Waals surface area contributed by atoms with Gasteiger partial charge in [0.15, 0.2) is 0 Å². The first kappa shape index (κ1) is 15.6. The molecule has 0 bridgehead atoms. The molecule has 1 saturated carbocycles. The number of anilines is 2. The highest BCUT2D eigenvalue weighted by Crippen LogP contribution is 2.34. The normalized spacial score (nSPS) is 13.5. The molecule has 0 unspecified atom stereocenters. The lowest BCUT2D eigenvalue weighted by atomic mass is 10.1.